The molecule has 0 aliphatic carbocycles. The summed E-state index contributed by atoms with van der Waals surface area (Å²) < 4.78 is 39.0. The Balaban J connectivity index is 2.96. The standard InChI is InChI=1S/C12H19F3N2O3/c1-10(2,3)7(16)8(18)17-5-4-11(6-17,9(19)20)12(13,14)15/h7H,4-6,16H2,1-3H3,(H,19,20). The number of rotatable bonds is 2. The number of halogens is 3. The van der Waals surface area contributed by atoms with Crippen LogP contribution in [-0.4, -0.2) is 47.2 Å². The van der Waals surface area contributed by atoms with Crippen LogP contribution in [0.25, 0.3) is 0 Å². The number of nitrogens with two attached hydrogens (primary N) is 1. The minimum Gasteiger partial charge on any atom is -0.481 e. The maximum atomic E-state index is 13.0. The fourth-order valence-corrected chi connectivity index (χ4v) is 2.09. The fourth-order valence-electron chi connectivity index (χ4n) is 2.09. The number of nitrogens with zero attached hydrogens (tertiary/aromatic N) is 1. The van der Waals surface area contributed by atoms with Crippen molar-refractivity contribution in [2.75, 3.05) is 13.1 Å². The second kappa shape index (κ2) is 4.91. The molecule has 8 heteroatoms. The number of aliphatic carboxylic acids is 1. The van der Waals surface area contributed by atoms with E-state index in [1.54, 1.807) is 20.8 Å². The molecule has 0 aromatic heterocycles. The number of likely N-dealkylation sites (tertiary alicyclic amines) is 1. The zero-order chi connectivity index (χ0) is 15.9. The van der Waals surface area contributed by atoms with Crippen LogP contribution in [-0.2, 0) is 9.59 Å². The highest BCUT2D eigenvalue weighted by Gasteiger charge is 2.64. The van der Waals surface area contributed by atoms with Gasteiger partial charge in [0.15, 0.2) is 5.41 Å². The first-order chi connectivity index (χ1) is 8.83. The van der Waals surface area contributed by atoms with Crippen LogP contribution in [0.5, 0.6) is 0 Å². The second-order valence-electron chi connectivity index (χ2n) is 6.24. The van der Waals surface area contributed by atoms with Crippen LogP contribution < -0.4 is 5.73 Å². The first-order valence-corrected chi connectivity index (χ1v) is 6.17. The van der Waals surface area contributed by atoms with Crippen molar-refractivity contribution in [3.63, 3.8) is 0 Å². The van der Waals surface area contributed by atoms with Crippen LogP contribution in [0.3, 0.4) is 0 Å². The summed E-state index contributed by atoms with van der Waals surface area (Å²) in [6.45, 7) is 3.95. The van der Waals surface area contributed by atoms with Gasteiger partial charge in [0.1, 0.15) is 0 Å². The number of carbonyl (C=O) groups is 2. The topological polar surface area (TPSA) is 83.6 Å². The molecule has 0 aromatic rings. The van der Waals surface area contributed by atoms with Crippen molar-refractivity contribution in [2.45, 2.75) is 39.4 Å². The molecule has 1 aliphatic rings. The van der Waals surface area contributed by atoms with E-state index >= 15 is 0 Å². The third kappa shape index (κ3) is 2.74. The Labute approximate surface area is 114 Å². The van der Waals surface area contributed by atoms with Crippen molar-refractivity contribution in [2.24, 2.45) is 16.6 Å². The molecule has 20 heavy (non-hydrogen) atoms. The van der Waals surface area contributed by atoms with Crippen LogP contribution in [0.2, 0.25) is 0 Å². The smallest absolute Gasteiger partial charge is 0.406 e. The molecule has 1 fully saturated rings. The Morgan fingerprint density at radius 3 is 2.10 bits per heavy atom. The summed E-state index contributed by atoms with van der Waals surface area (Å²) in [5.74, 6) is -2.60. The molecule has 1 heterocycles. The average molecular weight is 296 g/mol. The summed E-state index contributed by atoms with van der Waals surface area (Å²) in [5.41, 5.74) is 2.23. The highest BCUT2D eigenvalue weighted by Crippen LogP contribution is 2.46. The molecular weight excluding hydrogens is 277 g/mol. The summed E-state index contributed by atoms with van der Waals surface area (Å²) >= 11 is 0. The second-order valence-corrected chi connectivity index (χ2v) is 6.24. The predicted molar refractivity (Wildman–Crippen MR) is 64.8 cm³/mol. The van der Waals surface area contributed by atoms with E-state index in [4.69, 9.17) is 10.8 Å². The van der Waals surface area contributed by atoms with Gasteiger partial charge < -0.3 is 15.7 Å². The van der Waals surface area contributed by atoms with E-state index in [-0.39, 0.29) is 6.54 Å². The number of carboxylic acids is 1. The summed E-state index contributed by atoms with van der Waals surface area (Å²) in [4.78, 5) is 24.0. The fraction of sp³-hybridized carbons (Fsp3) is 0.833. The van der Waals surface area contributed by atoms with Crippen LogP contribution in [0.4, 0.5) is 13.2 Å². The Kier molecular flexibility index (Phi) is 4.11. The minimum absolute atomic E-state index is 0.256. The highest BCUT2D eigenvalue weighted by molar-refractivity contribution is 5.85. The molecule has 2 unspecified atom stereocenters. The minimum atomic E-state index is -4.90. The highest BCUT2D eigenvalue weighted by atomic mass is 19.4. The van der Waals surface area contributed by atoms with Crippen LogP contribution in [0, 0.1) is 10.8 Å². The zero-order valence-electron chi connectivity index (χ0n) is 11.6. The van der Waals surface area contributed by atoms with Gasteiger partial charge in [-0.3, -0.25) is 9.59 Å². The van der Waals surface area contributed by atoms with E-state index in [1.807, 2.05) is 0 Å². The van der Waals surface area contributed by atoms with Gasteiger partial charge in [-0.2, -0.15) is 13.2 Å². The predicted octanol–water partition coefficient (Wildman–Crippen LogP) is 1.23. The number of amides is 1. The quantitative estimate of drug-likeness (QED) is 0.802. The molecule has 1 aliphatic heterocycles. The molecule has 0 aromatic carbocycles. The molecule has 5 nitrogen and oxygen atoms in total. The Morgan fingerprint density at radius 1 is 1.30 bits per heavy atom. The van der Waals surface area contributed by atoms with Crippen LogP contribution >= 0.6 is 0 Å². The number of carboxylic acid groups (broad SMARTS) is 1. The summed E-state index contributed by atoms with van der Waals surface area (Å²) in [6, 6.07) is -0.972. The van der Waals surface area contributed by atoms with Gasteiger partial charge in [0, 0.05) is 13.1 Å². The molecule has 0 bridgehead atoms. The Hall–Kier alpha value is -1.31. The summed E-state index contributed by atoms with van der Waals surface area (Å²) in [7, 11) is 0. The molecule has 116 valence electrons. The number of carbonyl (C=O) groups excluding carboxylic acids is 1. The monoisotopic (exact) mass is 296 g/mol. The van der Waals surface area contributed by atoms with Crippen LogP contribution in [0.15, 0.2) is 0 Å². The lowest BCUT2D eigenvalue weighted by Crippen LogP contribution is -2.52. The molecule has 1 saturated heterocycles. The van der Waals surface area contributed by atoms with Gasteiger partial charge in [-0.05, 0) is 11.8 Å². The van der Waals surface area contributed by atoms with Crippen molar-refractivity contribution < 1.29 is 27.9 Å². The SMILES string of the molecule is CC(C)(C)C(N)C(=O)N1CCC(C(=O)O)(C(F)(F)F)C1. The van der Waals surface area contributed by atoms with Crippen LogP contribution in [0.1, 0.15) is 27.2 Å². The zero-order valence-corrected chi connectivity index (χ0v) is 11.6. The van der Waals surface area contributed by atoms with Gasteiger partial charge in [0.25, 0.3) is 0 Å². The molecule has 3 N–H and O–H groups in total. The van der Waals surface area contributed by atoms with Crippen molar-refractivity contribution in [1.82, 2.24) is 4.90 Å². The number of alkyl halides is 3. The van der Waals surface area contributed by atoms with E-state index in [2.05, 4.69) is 0 Å². The number of hydrogen-bond donors (Lipinski definition) is 2. The van der Waals surface area contributed by atoms with Crippen molar-refractivity contribution in [1.29, 1.82) is 0 Å². The lowest BCUT2D eigenvalue weighted by Gasteiger charge is -2.31. The van der Waals surface area contributed by atoms with Gasteiger partial charge >= 0.3 is 12.1 Å². The maximum Gasteiger partial charge on any atom is 0.406 e. The van der Waals surface area contributed by atoms with E-state index in [1.165, 1.54) is 0 Å². The van der Waals surface area contributed by atoms with Gasteiger partial charge in [0.2, 0.25) is 5.91 Å². The molecule has 2 atom stereocenters. The van der Waals surface area contributed by atoms with Crippen molar-refractivity contribution >= 4 is 11.9 Å². The van der Waals surface area contributed by atoms with Crippen molar-refractivity contribution in [3.8, 4) is 0 Å². The van der Waals surface area contributed by atoms with Gasteiger partial charge in [-0.25, -0.2) is 0 Å². The Bertz CT molecular complexity index is 417. The van der Waals surface area contributed by atoms with E-state index in [9.17, 15) is 22.8 Å². The van der Waals surface area contributed by atoms with Gasteiger partial charge in [-0.15, -0.1) is 0 Å². The largest absolute Gasteiger partial charge is 0.481 e. The molecular formula is C12H19F3N2O3. The third-order valence-corrected chi connectivity index (χ3v) is 3.73. The van der Waals surface area contributed by atoms with Crippen molar-refractivity contribution in [3.05, 3.63) is 0 Å². The number of hydrogen-bond acceptors (Lipinski definition) is 3. The summed E-state index contributed by atoms with van der Waals surface area (Å²) in [6.07, 6.45) is -5.55. The first-order valence-electron chi connectivity index (χ1n) is 6.17. The summed E-state index contributed by atoms with van der Waals surface area (Å²) in [5, 5.41) is 8.91. The third-order valence-electron chi connectivity index (χ3n) is 3.73. The lowest BCUT2D eigenvalue weighted by atomic mass is 9.85. The lowest BCUT2D eigenvalue weighted by molar-refractivity contribution is -0.227. The molecule has 0 spiro atoms. The van der Waals surface area contributed by atoms with Gasteiger partial charge in [-0.1, -0.05) is 20.8 Å². The van der Waals surface area contributed by atoms with E-state index in [0.29, 0.717) is 0 Å². The van der Waals surface area contributed by atoms with E-state index in [0.717, 1.165) is 4.90 Å². The maximum absolute atomic E-state index is 13.0. The Morgan fingerprint density at radius 2 is 1.80 bits per heavy atom. The molecule has 0 radical (unpaired) electrons. The van der Waals surface area contributed by atoms with Gasteiger partial charge in [0.05, 0.1) is 6.04 Å². The molecule has 0 saturated carbocycles. The van der Waals surface area contributed by atoms with E-state index < -0.39 is 47.9 Å². The first kappa shape index (κ1) is 16.7. The molecule has 1 amide bonds. The molecule has 1 rings (SSSR count). The average Bonchev–Trinajstić information content (AvgIpc) is 2.71. The normalized spacial score (nSPS) is 25.6.